The Bertz CT molecular complexity index is 91.9. The van der Waals surface area contributed by atoms with E-state index in [0.29, 0.717) is 0 Å². The maximum Gasteiger partial charge on any atom is 0.143 e. The SMILES string of the molecule is O=CC1SC=CS1. The van der Waals surface area contributed by atoms with Crippen LogP contribution in [0.15, 0.2) is 10.8 Å². The second kappa shape index (κ2) is 2.43. The summed E-state index contributed by atoms with van der Waals surface area (Å²) in [5, 5.41) is 3.87. The molecule has 3 heteroatoms. The zero-order chi connectivity index (χ0) is 5.11. The fraction of sp³-hybridized carbons (Fsp3) is 0.250. The van der Waals surface area contributed by atoms with Gasteiger partial charge in [0.2, 0.25) is 0 Å². The minimum absolute atomic E-state index is 0.139. The molecule has 1 nitrogen and oxygen atoms in total. The van der Waals surface area contributed by atoms with Crippen molar-refractivity contribution < 1.29 is 4.79 Å². The summed E-state index contributed by atoms with van der Waals surface area (Å²) in [6.07, 6.45) is 0.954. The quantitative estimate of drug-likeness (QED) is 0.503. The van der Waals surface area contributed by atoms with E-state index in [0.717, 1.165) is 6.29 Å². The predicted molar refractivity (Wildman–Crippen MR) is 34.2 cm³/mol. The van der Waals surface area contributed by atoms with Crippen molar-refractivity contribution >= 4 is 29.8 Å². The minimum atomic E-state index is 0.139. The lowest BCUT2D eigenvalue weighted by molar-refractivity contribution is -0.106. The van der Waals surface area contributed by atoms with Crippen LogP contribution in [0.4, 0.5) is 0 Å². The standard InChI is InChI=1S/C4H4OS2/c5-3-4-6-1-2-7-4/h1-4H. The molecule has 0 N–H and O–H groups in total. The van der Waals surface area contributed by atoms with Crippen LogP contribution in [0.2, 0.25) is 0 Å². The largest absolute Gasteiger partial charge is 0.301 e. The van der Waals surface area contributed by atoms with Crippen LogP contribution in [0.1, 0.15) is 0 Å². The molecule has 1 aliphatic heterocycles. The molecule has 0 aromatic rings. The summed E-state index contributed by atoms with van der Waals surface area (Å²) in [6, 6.07) is 0. The number of thioether (sulfide) groups is 2. The van der Waals surface area contributed by atoms with Gasteiger partial charge in [-0.2, -0.15) is 0 Å². The van der Waals surface area contributed by atoms with Crippen LogP contribution >= 0.6 is 23.5 Å². The average molecular weight is 132 g/mol. The molecule has 0 spiro atoms. The summed E-state index contributed by atoms with van der Waals surface area (Å²) in [5.74, 6) is 0. The molecule has 0 aromatic carbocycles. The van der Waals surface area contributed by atoms with Gasteiger partial charge in [0.15, 0.2) is 0 Å². The molecule has 38 valence electrons. The van der Waals surface area contributed by atoms with Crippen molar-refractivity contribution in [3.05, 3.63) is 10.8 Å². The van der Waals surface area contributed by atoms with E-state index in [9.17, 15) is 4.79 Å². The second-order valence-corrected chi connectivity index (χ2v) is 3.45. The molecule has 1 heterocycles. The van der Waals surface area contributed by atoms with Gasteiger partial charge in [-0.15, -0.1) is 23.5 Å². The molecule has 1 aliphatic rings. The maximum absolute atomic E-state index is 9.93. The lowest BCUT2D eigenvalue weighted by Gasteiger charge is -1.90. The Morgan fingerprint density at radius 2 is 2.00 bits per heavy atom. The molecule has 7 heavy (non-hydrogen) atoms. The molecule has 0 saturated carbocycles. The number of hydrogen-bond acceptors (Lipinski definition) is 3. The van der Waals surface area contributed by atoms with Crippen molar-refractivity contribution in [3.8, 4) is 0 Å². The van der Waals surface area contributed by atoms with E-state index in [-0.39, 0.29) is 4.58 Å². The van der Waals surface area contributed by atoms with Gasteiger partial charge in [0.25, 0.3) is 0 Å². The van der Waals surface area contributed by atoms with E-state index >= 15 is 0 Å². The van der Waals surface area contributed by atoms with Crippen LogP contribution in [0, 0.1) is 0 Å². The third-order valence-corrected chi connectivity index (χ3v) is 2.78. The molecule has 0 aromatic heterocycles. The summed E-state index contributed by atoms with van der Waals surface area (Å²) in [6.45, 7) is 0. The van der Waals surface area contributed by atoms with E-state index in [1.807, 2.05) is 10.8 Å². The zero-order valence-electron chi connectivity index (χ0n) is 3.53. The van der Waals surface area contributed by atoms with Crippen molar-refractivity contribution in [2.75, 3.05) is 0 Å². The molecular weight excluding hydrogens is 128 g/mol. The van der Waals surface area contributed by atoms with Gasteiger partial charge in [0.05, 0.1) is 0 Å². The predicted octanol–water partition coefficient (Wildman–Crippen LogP) is 1.46. The van der Waals surface area contributed by atoms with E-state index < -0.39 is 0 Å². The van der Waals surface area contributed by atoms with E-state index in [4.69, 9.17) is 0 Å². The highest BCUT2D eigenvalue weighted by Crippen LogP contribution is 2.30. The first-order valence-electron chi connectivity index (χ1n) is 1.85. The summed E-state index contributed by atoms with van der Waals surface area (Å²) >= 11 is 3.11. The number of carbonyl (C=O) groups is 1. The van der Waals surface area contributed by atoms with Crippen LogP contribution in [0.5, 0.6) is 0 Å². The third kappa shape index (κ3) is 1.24. The summed E-state index contributed by atoms with van der Waals surface area (Å²) in [4.78, 5) is 9.93. The van der Waals surface area contributed by atoms with Gasteiger partial charge in [0, 0.05) is 0 Å². The monoisotopic (exact) mass is 132 g/mol. The Morgan fingerprint density at radius 1 is 1.43 bits per heavy atom. The number of hydrogen-bond donors (Lipinski definition) is 0. The molecule has 0 aliphatic carbocycles. The van der Waals surface area contributed by atoms with Gasteiger partial charge in [0.1, 0.15) is 10.9 Å². The highest BCUT2D eigenvalue weighted by atomic mass is 32.2. The van der Waals surface area contributed by atoms with Gasteiger partial charge in [-0.1, -0.05) is 0 Å². The molecule has 0 unspecified atom stereocenters. The molecule has 0 amide bonds. The second-order valence-electron chi connectivity index (χ2n) is 1.05. The Hall–Kier alpha value is 0.110. The third-order valence-electron chi connectivity index (χ3n) is 0.592. The number of carbonyl (C=O) groups excluding carboxylic acids is 1. The van der Waals surface area contributed by atoms with Crippen molar-refractivity contribution in [3.63, 3.8) is 0 Å². The van der Waals surface area contributed by atoms with Crippen LogP contribution in [-0.2, 0) is 4.79 Å². The van der Waals surface area contributed by atoms with Gasteiger partial charge < -0.3 is 4.79 Å². The summed E-state index contributed by atoms with van der Waals surface area (Å²) in [7, 11) is 0. The Kier molecular flexibility index (Phi) is 1.82. The van der Waals surface area contributed by atoms with Crippen molar-refractivity contribution in [2.24, 2.45) is 0 Å². The first-order chi connectivity index (χ1) is 3.43. The molecule has 1 rings (SSSR count). The lowest BCUT2D eigenvalue weighted by Crippen LogP contribution is -1.88. The topological polar surface area (TPSA) is 17.1 Å². The fourth-order valence-electron chi connectivity index (χ4n) is 0.315. The van der Waals surface area contributed by atoms with Gasteiger partial charge in [-0.3, -0.25) is 0 Å². The highest BCUT2D eigenvalue weighted by Gasteiger charge is 2.07. The Balaban J connectivity index is 2.35. The fourth-order valence-corrected chi connectivity index (χ4v) is 1.91. The molecule has 0 fully saturated rings. The van der Waals surface area contributed by atoms with Crippen molar-refractivity contribution in [1.29, 1.82) is 0 Å². The minimum Gasteiger partial charge on any atom is -0.301 e. The normalized spacial score (nSPS) is 20.6. The van der Waals surface area contributed by atoms with Gasteiger partial charge in [-0.05, 0) is 10.8 Å². The van der Waals surface area contributed by atoms with Crippen LogP contribution in [0.3, 0.4) is 0 Å². The molecule has 0 radical (unpaired) electrons. The van der Waals surface area contributed by atoms with Gasteiger partial charge >= 0.3 is 0 Å². The summed E-state index contributed by atoms with van der Waals surface area (Å²) < 4.78 is 0.139. The van der Waals surface area contributed by atoms with Gasteiger partial charge in [-0.25, -0.2) is 0 Å². The molecular formula is C4H4OS2. The molecule has 0 saturated heterocycles. The van der Waals surface area contributed by atoms with Crippen LogP contribution in [0.25, 0.3) is 0 Å². The van der Waals surface area contributed by atoms with Crippen molar-refractivity contribution in [2.45, 2.75) is 4.58 Å². The van der Waals surface area contributed by atoms with Crippen LogP contribution in [-0.4, -0.2) is 10.9 Å². The average Bonchev–Trinajstić information content (AvgIpc) is 2.14. The molecule has 0 bridgehead atoms. The Labute approximate surface area is 50.5 Å². The van der Waals surface area contributed by atoms with E-state index in [2.05, 4.69) is 0 Å². The number of aldehydes is 1. The number of rotatable bonds is 1. The van der Waals surface area contributed by atoms with Crippen molar-refractivity contribution in [1.82, 2.24) is 0 Å². The summed E-state index contributed by atoms with van der Waals surface area (Å²) in [5.41, 5.74) is 0. The first kappa shape index (κ1) is 5.25. The maximum atomic E-state index is 9.93. The van der Waals surface area contributed by atoms with E-state index in [1.54, 1.807) is 23.5 Å². The molecule has 0 atom stereocenters. The first-order valence-corrected chi connectivity index (χ1v) is 3.73. The smallest absolute Gasteiger partial charge is 0.143 e. The highest BCUT2D eigenvalue weighted by molar-refractivity contribution is 8.23. The lowest BCUT2D eigenvalue weighted by atomic mass is 10.9. The Morgan fingerprint density at radius 3 is 2.29 bits per heavy atom. The zero-order valence-corrected chi connectivity index (χ0v) is 5.17. The van der Waals surface area contributed by atoms with Crippen LogP contribution < -0.4 is 0 Å². The van der Waals surface area contributed by atoms with E-state index in [1.165, 1.54) is 0 Å².